The molecule has 0 atom stereocenters. The third-order valence-corrected chi connectivity index (χ3v) is 5.31. The largest absolute Gasteiger partial charge is 0.619 e. The molecule has 140 valence electrons. The molecule has 0 aliphatic carbocycles. The number of nitrogens with one attached hydrogen (secondary N) is 1. The molecule has 0 aliphatic rings. The van der Waals surface area contributed by atoms with Gasteiger partial charge in [-0.05, 0) is 18.6 Å². The van der Waals surface area contributed by atoms with Crippen molar-refractivity contribution in [3.8, 4) is 0 Å². The molecule has 2 aromatic carbocycles. The van der Waals surface area contributed by atoms with Crippen LogP contribution in [0.1, 0.15) is 26.6 Å². The lowest BCUT2D eigenvalue weighted by Gasteiger charge is -2.03. The molecule has 0 unspecified atom stereocenters. The summed E-state index contributed by atoms with van der Waals surface area (Å²) in [6.07, 6.45) is 2.33. The van der Waals surface area contributed by atoms with Crippen LogP contribution in [-0.4, -0.2) is 22.3 Å². The summed E-state index contributed by atoms with van der Waals surface area (Å²) in [6.45, 7) is 5.22. The van der Waals surface area contributed by atoms with E-state index in [4.69, 9.17) is 4.42 Å². The lowest BCUT2D eigenvalue weighted by atomic mass is 10.1. The van der Waals surface area contributed by atoms with Crippen molar-refractivity contribution in [3.63, 3.8) is 0 Å². The summed E-state index contributed by atoms with van der Waals surface area (Å²) in [7, 11) is 0. The Hall–Kier alpha value is -3.45. The molecule has 2 aromatic heterocycles. The van der Waals surface area contributed by atoms with Crippen molar-refractivity contribution in [2.75, 3.05) is 5.32 Å². The molecule has 0 bridgehead atoms. The van der Waals surface area contributed by atoms with Crippen molar-refractivity contribution in [2.45, 2.75) is 13.3 Å². The summed E-state index contributed by atoms with van der Waals surface area (Å²) in [5, 5.41) is 15.6. The SMILES string of the molecule is C=[N+]([O-])c1cccc(Cc2cnc(NC(=O)c3oc4ccccc4c3C)s2)c1. The van der Waals surface area contributed by atoms with Crippen LogP contribution >= 0.6 is 11.3 Å². The Morgan fingerprint density at radius 3 is 2.89 bits per heavy atom. The second kappa shape index (κ2) is 7.28. The summed E-state index contributed by atoms with van der Waals surface area (Å²) in [5.41, 5.74) is 2.95. The number of furan rings is 1. The van der Waals surface area contributed by atoms with Gasteiger partial charge in [-0.1, -0.05) is 30.3 Å². The highest BCUT2D eigenvalue weighted by Crippen LogP contribution is 2.27. The highest BCUT2D eigenvalue weighted by molar-refractivity contribution is 7.15. The fourth-order valence-corrected chi connectivity index (χ4v) is 3.86. The predicted molar refractivity (Wildman–Crippen MR) is 111 cm³/mol. The lowest BCUT2D eigenvalue weighted by Crippen LogP contribution is -2.11. The van der Waals surface area contributed by atoms with Gasteiger partial charge in [0.15, 0.2) is 10.9 Å². The molecule has 2 heterocycles. The third-order valence-electron chi connectivity index (χ3n) is 4.40. The second-order valence-electron chi connectivity index (χ2n) is 6.36. The second-order valence-corrected chi connectivity index (χ2v) is 7.48. The molecule has 0 aliphatic heterocycles. The van der Waals surface area contributed by atoms with Gasteiger partial charge in [0.2, 0.25) is 5.69 Å². The molecule has 6 nitrogen and oxygen atoms in total. The van der Waals surface area contributed by atoms with Gasteiger partial charge < -0.3 is 9.62 Å². The van der Waals surface area contributed by atoms with E-state index in [0.29, 0.717) is 27.6 Å². The molecule has 1 amide bonds. The summed E-state index contributed by atoms with van der Waals surface area (Å²) in [6, 6.07) is 14.8. The maximum atomic E-state index is 12.6. The quantitative estimate of drug-likeness (QED) is 0.227. The Balaban J connectivity index is 1.50. The van der Waals surface area contributed by atoms with Crippen molar-refractivity contribution in [2.24, 2.45) is 0 Å². The van der Waals surface area contributed by atoms with Gasteiger partial charge in [-0.3, -0.25) is 10.1 Å². The van der Waals surface area contributed by atoms with Crippen LogP contribution in [0.15, 0.2) is 59.1 Å². The minimum atomic E-state index is -0.323. The molecule has 0 saturated carbocycles. The van der Waals surface area contributed by atoms with E-state index < -0.39 is 0 Å². The maximum Gasteiger partial charge on any atom is 0.293 e. The molecule has 4 aromatic rings. The lowest BCUT2D eigenvalue weighted by molar-refractivity contribution is -0.349. The van der Waals surface area contributed by atoms with Crippen molar-refractivity contribution in [1.82, 2.24) is 4.98 Å². The molecule has 28 heavy (non-hydrogen) atoms. The summed E-state index contributed by atoms with van der Waals surface area (Å²) in [4.78, 5) is 17.9. The van der Waals surface area contributed by atoms with Gasteiger partial charge in [-0.25, -0.2) is 4.98 Å². The van der Waals surface area contributed by atoms with E-state index in [0.717, 1.165) is 21.4 Å². The zero-order chi connectivity index (χ0) is 19.7. The molecule has 1 N–H and O–H groups in total. The van der Waals surface area contributed by atoms with Crippen LogP contribution < -0.4 is 5.32 Å². The van der Waals surface area contributed by atoms with Crippen LogP contribution in [0.2, 0.25) is 0 Å². The number of hydrogen-bond acceptors (Lipinski definition) is 5. The standard InChI is InChI=1S/C21H17N3O3S/c1-13-17-8-3-4-9-18(17)27-19(13)20(25)23-21-22-12-16(28-21)11-14-6-5-7-15(10-14)24(2)26/h3-10,12H,2,11H2,1H3,(H,22,23,25). The number of anilines is 1. The number of hydrogen-bond donors (Lipinski definition) is 1. The Labute approximate surface area is 165 Å². The van der Waals surface area contributed by atoms with Crippen LogP contribution in [-0.2, 0) is 6.42 Å². The molecule has 7 heteroatoms. The molecule has 0 radical (unpaired) electrons. The van der Waals surface area contributed by atoms with Gasteiger partial charge in [0.1, 0.15) is 12.3 Å². The summed E-state index contributed by atoms with van der Waals surface area (Å²) in [5.74, 6) is -0.0349. The normalized spacial score (nSPS) is 10.9. The first-order valence-corrected chi connectivity index (χ1v) is 9.44. The number of carbonyl (C=O) groups is 1. The molecule has 0 fully saturated rings. The molecular formula is C21H17N3O3S. The van der Waals surface area contributed by atoms with Crippen molar-refractivity contribution < 1.29 is 14.0 Å². The van der Waals surface area contributed by atoms with E-state index in [-0.39, 0.29) is 11.7 Å². The molecular weight excluding hydrogens is 374 g/mol. The van der Waals surface area contributed by atoms with E-state index in [2.05, 4.69) is 17.0 Å². The number of benzene rings is 2. The third kappa shape index (κ3) is 3.52. The van der Waals surface area contributed by atoms with Gasteiger partial charge >= 0.3 is 0 Å². The Kier molecular flexibility index (Phi) is 4.67. The van der Waals surface area contributed by atoms with E-state index in [1.165, 1.54) is 11.3 Å². The number of nitrogens with zero attached hydrogens (tertiary/aromatic N) is 2. The number of aryl methyl sites for hydroxylation is 1. The van der Waals surface area contributed by atoms with Crippen LogP contribution in [0.4, 0.5) is 10.8 Å². The minimum Gasteiger partial charge on any atom is -0.619 e. The summed E-state index contributed by atoms with van der Waals surface area (Å²) >= 11 is 1.39. The smallest absolute Gasteiger partial charge is 0.293 e. The minimum absolute atomic E-state index is 0.289. The summed E-state index contributed by atoms with van der Waals surface area (Å²) < 4.78 is 6.28. The maximum absolute atomic E-state index is 12.6. The van der Waals surface area contributed by atoms with Crippen LogP contribution in [0.3, 0.4) is 0 Å². The molecule has 0 saturated heterocycles. The van der Waals surface area contributed by atoms with E-state index in [1.807, 2.05) is 43.3 Å². The number of amides is 1. The number of carbonyl (C=O) groups excluding carboxylic acids is 1. The molecule has 4 rings (SSSR count). The van der Waals surface area contributed by atoms with Crippen molar-refractivity contribution >= 4 is 45.7 Å². The first-order valence-electron chi connectivity index (χ1n) is 8.62. The van der Waals surface area contributed by atoms with E-state index >= 15 is 0 Å². The first kappa shape index (κ1) is 17.9. The van der Waals surface area contributed by atoms with Crippen molar-refractivity contribution in [3.05, 3.63) is 81.7 Å². The van der Waals surface area contributed by atoms with E-state index in [1.54, 1.807) is 18.3 Å². The highest BCUT2D eigenvalue weighted by atomic mass is 32.1. The Morgan fingerprint density at radius 1 is 1.29 bits per heavy atom. The van der Waals surface area contributed by atoms with Gasteiger partial charge in [-0.15, -0.1) is 11.3 Å². The zero-order valence-corrected chi connectivity index (χ0v) is 16.0. The number of fused-ring (bicyclic) bond motifs is 1. The van der Waals surface area contributed by atoms with Crippen molar-refractivity contribution in [1.29, 1.82) is 0 Å². The highest BCUT2D eigenvalue weighted by Gasteiger charge is 2.18. The first-order chi connectivity index (χ1) is 13.5. The van der Waals surface area contributed by atoms with Gasteiger partial charge in [0.25, 0.3) is 5.91 Å². The topological polar surface area (TPSA) is 81.2 Å². The Bertz CT molecular complexity index is 1190. The average Bonchev–Trinajstić information content (AvgIpc) is 3.26. The monoisotopic (exact) mass is 391 g/mol. The fourth-order valence-electron chi connectivity index (χ4n) is 3.01. The fraction of sp³-hybridized carbons (Fsp3) is 0.0952. The van der Waals surface area contributed by atoms with Crippen LogP contribution in [0, 0.1) is 12.1 Å². The van der Waals surface area contributed by atoms with Crippen LogP contribution in [0.5, 0.6) is 0 Å². The zero-order valence-electron chi connectivity index (χ0n) is 15.1. The van der Waals surface area contributed by atoms with Gasteiger partial charge in [0.05, 0.1) is 0 Å². The number of rotatable bonds is 5. The van der Waals surface area contributed by atoms with Gasteiger partial charge in [0, 0.05) is 40.6 Å². The number of thiazole rings is 1. The average molecular weight is 391 g/mol. The number of para-hydroxylation sites is 1. The predicted octanol–water partition coefficient (Wildman–Crippen LogP) is 4.88. The van der Waals surface area contributed by atoms with Gasteiger partial charge in [-0.2, -0.15) is 4.74 Å². The Morgan fingerprint density at radius 2 is 2.11 bits per heavy atom. The number of aromatic nitrogens is 1. The molecule has 0 spiro atoms. The van der Waals surface area contributed by atoms with E-state index in [9.17, 15) is 10.0 Å². The van der Waals surface area contributed by atoms with Crippen LogP contribution in [0.25, 0.3) is 11.0 Å².